The fourth-order valence-corrected chi connectivity index (χ4v) is 3.07. The first-order valence-corrected chi connectivity index (χ1v) is 7.59. The number of aromatic nitrogens is 2. The van der Waals surface area contributed by atoms with Crippen molar-refractivity contribution >= 4 is 0 Å². The highest BCUT2D eigenvalue weighted by Gasteiger charge is 2.42. The Hall–Kier alpha value is -1.36. The van der Waals surface area contributed by atoms with Crippen molar-refractivity contribution < 1.29 is 9.84 Å². The van der Waals surface area contributed by atoms with Gasteiger partial charge >= 0.3 is 0 Å². The molecule has 1 fully saturated rings. The van der Waals surface area contributed by atoms with E-state index in [2.05, 4.69) is 23.8 Å². The highest BCUT2D eigenvalue weighted by atomic mass is 16.5. The Kier molecular flexibility index (Phi) is 4.15. The van der Waals surface area contributed by atoms with Crippen LogP contribution in [0.5, 0.6) is 5.88 Å². The summed E-state index contributed by atoms with van der Waals surface area (Å²) in [5.74, 6) is 0.205. The first kappa shape index (κ1) is 16.0. The molecule has 118 valence electrons. The Bertz CT molecular complexity index is 565. The number of methoxy groups -OCH3 is 1. The minimum absolute atomic E-state index is 0.0703. The van der Waals surface area contributed by atoms with E-state index in [-0.39, 0.29) is 22.8 Å². The molecule has 0 amide bonds. The van der Waals surface area contributed by atoms with Gasteiger partial charge in [0.15, 0.2) is 0 Å². The number of rotatable bonds is 3. The molecule has 2 N–H and O–H groups in total. The Morgan fingerprint density at radius 3 is 2.24 bits per heavy atom. The molecule has 0 spiro atoms. The average molecular weight is 294 g/mol. The van der Waals surface area contributed by atoms with E-state index in [0.29, 0.717) is 11.4 Å². The van der Waals surface area contributed by atoms with Gasteiger partial charge in [0.1, 0.15) is 11.4 Å². The summed E-state index contributed by atoms with van der Waals surface area (Å²) in [6.07, 6.45) is 3.58. The van der Waals surface area contributed by atoms with Crippen LogP contribution in [0, 0.1) is 5.41 Å². The Balaban J connectivity index is 2.43. The van der Waals surface area contributed by atoms with Gasteiger partial charge in [-0.05, 0) is 37.0 Å². The number of aromatic amines is 1. The molecular weight excluding hydrogens is 268 g/mol. The predicted octanol–water partition coefficient (Wildman–Crippen LogP) is 3.04. The minimum Gasteiger partial charge on any atom is -0.493 e. The van der Waals surface area contributed by atoms with Gasteiger partial charge in [-0.2, -0.15) is 4.98 Å². The molecule has 0 saturated heterocycles. The van der Waals surface area contributed by atoms with E-state index < -0.39 is 5.60 Å². The van der Waals surface area contributed by atoms with Crippen molar-refractivity contribution in [1.82, 2.24) is 9.97 Å². The first-order chi connectivity index (χ1) is 9.71. The van der Waals surface area contributed by atoms with Crippen molar-refractivity contribution in [3.63, 3.8) is 0 Å². The molecule has 1 saturated carbocycles. The lowest BCUT2D eigenvalue weighted by Crippen LogP contribution is -2.39. The molecule has 1 heterocycles. The molecule has 1 aromatic heterocycles. The summed E-state index contributed by atoms with van der Waals surface area (Å²) < 4.78 is 5.72. The molecular formula is C16H26N2O3. The van der Waals surface area contributed by atoms with Crippen LogP contribution < -0.4 is 5.56 Å². The lowest BCUT2D eigenvalue weighted by molar-refractivity contribution is -0.0734. The summed E-state index contributed by atoms with van der Waals surface area (Å²) >= 11 is 0. The number of nitrogens with one attached hydrogen (secondary N) is 1. The van der Waals surface area contributed by atoms with Crippen molar-refractivity contribution in [2.45, 2.75) is 64.9 Å². The number of hydrogen-bond donors (Lipinski definition) is 2. The quantitative estimate of drug-likeness (QED) is 0.898. The van der Waals surface area contributed by atoms with Gasteiger partial charge in [-0.15, -0.1) is 0 Å². The number of aromatic hydroxyl groups is 1. The zero-order chi connectivity index (χ0) is 15.8. The second-order valence-electron chi connectivity index (χ2n) is 7.17. The van der Waals surface area contributed by atoms with Crippen LogP contribution in [0.3, 0.4) is 0 Å². The average Bonchev–Trinajstić information content (AvgIpc) is 2.38. The van der Waals surface area contributed by atoms with E-state index in [1.165, 1.54) is 0 Å². The molecule has 5 nitrogen and oxygen atoms in total. The fourth-order valence-electron chi connectivity index (χ4n) is 3.07. The summed E-state index contributed by atoms with van der Waals surface area (Å²) in [5.41, 5.74) is -0.251. The number of H-pyrrole nitrogens is 1. The van der Waals surface area contributed by atoms with Gasteiger partial charge in [0, 0.05) is 7.11 Å². The third kappa shape index (κ3) is 2.98. The normalized spacial score (nSPS) is 20.7. The summed E-state index contributed by atoms with van der Waals surface area (Å²) in [4.78, 5) is 19.3. The molecule has 0 unspecified atom stereocenters. The maximum Gasteiger partial charge on any atom is 0.258 e. The highest BCUT2D eigenvalue weighted by molar-refractivity contribution is 5.27. The van der Waals surface area contributed by atoms with Gasteiger partial charge in [-0.3, -0.25) is 4.79 Å². The summed E-state index contributed by atoms with van der Waals surface area (Å²) in [6, 6.07) is 0. The van der Waals surface area contributed by atoms with Gasteiger partial charge < -0.3 is 14.8 Å². The van der Waals surface area contributed by atoms with E-state index in [1.807, 2.05) is 13.8 Å². The van der Waals surface area contributed by atoms with E-state index in [9.17, 15) is 9.90 Å². The van der Waals surface area contributed by atoms with Crippen LogP contribution in [0.4, 0.5) is 0 Å². The predicted molar refractivity (Wildman–Crippen MR) is 81.5 cm³/mol. The monoisotopic (exact) mass is 294 g/mol. The van der Waals surface area contributed by atoms with Crippen molar-refractivity contribution in [2.24, 2.45) is 5.41 Å². The van der Waals surface area contributed by atoms with Gasteiger partial charge in [-0.1, -0.05) is 27.7 Å². The van der Waals surface area contributed by atoms with Crippen LogP contribution in [-0.2, 0) is 10.3 Å². The maximum absolute atomic E-state index is 12.2. The highest BCUT2D eigenvalue weighted by Crippen LogP contribution is 2.46. The lowest BCUT2D eigenvalue weighted by atomic mass is 9.70. The molecule has 0 aliphatic heterocycles. The van der Waals surface area contributed by atoms with Crippen LogP contribution in [0.1, 0.15) is 70.7 Å². The third-order valence-corrected chi connectivity index (χ3v) is 4.75. The Morgan fingerprint density at radius 1 is 1.24 bits per heavy atom. The molecule has 1 aliphatic rings. The Morgan fingerprint density at radius 2 is 1.81 bits per heavy atom. The van der Waals surface area contributed by atoms with Crippen LogP contribution >= 0.6 is 0 Å². The van der Waals surface area contributed by atoms with Gasteiger partial charge in [-0.25, -0.2) is 0 Å². The molecule has 1 aromatic rings. The zero-order valence-electron chi connectivity index (χ0n) is 13.6. The molecule has 0 atom stereocenters. The number of hydrogen-bond acceptors (Lipinski definition) is 4. The van der Waals surface area contributed by atoms with E-state index in [0.717, 1.165) is 25.7 Å². The SMILES string of the molecule is COC1(c2nc(O)c(C(C)C)c(=O)[nH]2)CCC(C)(C)CC1. The van der Waals surface area contributed by atoms with Crippen LogP contribution in [0.2, 0.25) is 0 Å². The van der Waals surface area contributed by atoms with Gasteiger partial charge in [0.2, 0.25) is 5.88 Å². The molecule has 5 heteroatoms. The molecule has 1 aliphatic carbocycles. The maximum atomic E-state index is 12.2. The van der Waals surface area contributed by atoms with E-state index in [4.69, 9.17) is 4.74 Å². The first-order valence-electron chi connectivity index (χ1n) is 7.59. The van der Waals surface area contributed by atoms with Crippen molar-refractivity contribution in [1.29, 1.82) is 0 Å². The van der Waals surface area contributed by atoms with Crippen molar-refractivity contribution in [2.75, 3.05) is 7.11 Å². The van der Waals surface area contributed by atoms with Crippen LogP contribution in [-0.4, -0.2) is 22.2 Å². The summed E-state index contributed by atoms with van der Waals surface area (Å²) in [5, 5.41) is 10.1. The summed E-state index contributed by atoms with van der Waals surface area (Å²) in [6.45, 7) is 8.20. The number of ether oxygens (including phenoxy) is 1. The second-order valence-corrected chi connectivity index (χ2v) is 7.17. The minimum atomic E-state index is -0.596. The molecule has 0 bridgehead atoms. The van der Waals surface area contributed by atoms with Crippen LogP contribution in [0.15, 0.2) is 4.79 Å². The third-order valence-electron chi connectivity index (χ3n) is 4.75. The topological polar surface area (TPSA) is 75.2 Å². The Labute approximate surface area is 125 Å². The molecule has 21 heavy (non-hydrogen) atoms. The van der Waals surface area contributed by atoms with E-state index >= 15 is 0 Å². The smallest absolute Gasteiger partial charge is 0.258 e. The van der Waals surface area contributed by atoms with Crippen molar-refractivity contribution in [3.8, 4) is 5.88 Å². The van der Waals surface area contributed by atoms with Gasteiger partial charge in [0.25, 0.3) is 5.56 Å². The van der Waals surface area contributed by atoms with Crippen molar-refractivity contribution in [3.05, 3.63) is 21.7 Å². The number of nitrogens with zero attached hydrogens (tertiary/aromatic N) is 1. The largest absolute Gasteiger partial charge is 0.493 e. The second kappa shape index (κ2) is 5.44. The summed E-state index contributed by atoms with van der Waals surface area (Å²) in [7, 11) is 1.64. The van der Waals surface area contributed by atoms with E-state index in [1.54, 1.807) is 7.11 Å². The fraction of sp³-hybridized carbons (Fsp3) is 0.750. The lowest BCUT2D eigenvalue weighted by Gasteiger charge is -2.41. The molecule has 0 aromatic carbocycles. The standard InChI is InChI=1S/C16H26N2O3/c1-10(2)11-12(19)17-14(18-13(11)20)16(21-5)8-6-15(3,4)7-9-16/h10H,6-9H2,1-5H3,(H2,17,18,19,20). The van der Waals surface area contributed by atoms with Gasteiger partial charge in [0.05, 0.1) is 5.56 Å². The van der Waals surface area contributed by atoms with Crippen LogP contribution in [0.25, 0.3) is 0 Å². The molecule has 0 radical (unpaired) electrons. The molecule has 2 rings (SSSR count). The zero-order valence-corrected chi connectivity index (χ0v) is 13.6.